The van der Waals surface area contributed by atoms with E-state index < -0.39 is 0 Å². The van der Waals surface area contributed by atoms with Crippen LogP contribution in [0.3, 0.4) is 0 Å². The van der Waals surface area contributed by atoms with E-state index in [1.54, 1.807) is 17.4 Å². The van der Waals surface area contributed by atoms with E-state index in [-0.39, 0.29) is 0 Å². The molecule has 2 aromatic rings. The summed E-state index contributed by atoms with van der Waals surface area (Å²) in [4.78, 5) is 2.49. The van der Waals surface area contributed by atoms with Gasteiger partial charge in [0.15, 0.2) is 0 Å². The highest BCUT2D eigenvalue weighted by molar-refractivity contribution is 7.11. The van der Waals surface area contributed by atoms with Crippen LogP contribution >= 0.6 is 34.5 Å². The predicted octanol–water partition coefficient (Wildman–Crippen LogP) is 5.13. The van der Waals surface area contributed by atoms with Crippen LogP contribution in [-0.2, 0) is 13.2 Å². The van der Waals surface area contributed by atoms with E-state index in [4.69, 9.17) is 27.9 Å². The number of nitrogens with one attached hydrogen (secondary N) is 1. The molecule has 0 atom stereocenters. The number of benzene rings is 1. The van der Waals surface area contributed by atoms with Crippen molar-refractivity contribution < 1.29 is 4.74 Å². The first-order valence-corrected chi connectivity index (χ1v) is 8.13. The molecule has 108 valence electrons. The van der Waals surface area contributed by atoms with Crippen molar-refractivity contribution in [2.75, 3.05) is 6.54 Å². The zero-order chi connectivity index (χ0) is 14.4. The third-order valence-electron chi connectivity index (χ3n) is 2.73. The quantitative estimate of drug-likeness (QED) is 0.710. The minimum absolute atomic E-state index is 0.468. The Hall–Kier alpha value is -0.740. The van der Waals surface area contributed by atoms with Crippen molar-refractivity contribution in [3.63, 3.8) is 0 Å². The van der Waals surface area contributed by atoms with Crippen LogP contribution in [-0.4, -0.2) is 6.54 Å². The van der Waals surface area contributed by atoms with Gasteiger partial charge in [-0.05, 0) is 37.2 Å². The maximum atomic E-state index is 6.09. The van der Waals surface area contributed by atoms with Gasteiger partial charge >= 0.3 is 0 Å². The lowest BCUT2D eigenvalue weighted by Gasteiger charge is -2.07. The zero-order valence-electron chi connectivity index (χ0n) is 11.3. The van der Waals surface area contributed by atoms with Gasteiger partial charge in [-0.15, -0.1) is 11.3 Å². The van der Waals surface area contributed by atoms with E-state index in [9.17, 15) is 0 Å². The molecule has 1 aromatic carbocycles. The van der Waals surface area contributed by atoms with Gasteiger partial charge in [0, 0.05) is 16.3 Å². The summed E-state index contributed by atoms with van der Waals surface area (Å²) in [5, 5.41) is 4.37. The third kappa shape index (κ3) is 4.38. The Morgan fingerprint density at radius 1 is 1.15 bits per heavy atom. The maximum absolute atomic E-state index is 6.09. The second kappa shape index (κ2) is 7.89. The van der Waals surface area contributed by atoms with E-state index in [1.807, 2.05) is 12.1 Å². The van der Waals surface area contributed by atoms with Crippen LogP contribution in [0.1, 0.15) is 23.1 Å². The summed E-state index contributed by atoms with van der Waals surface area (Å²) < 4.78 is 5.72. The van der Waals surface area contributed by atoms with Gasteiger partial charge in [0.25, 0.3) is 0 Å². The fraction of sp³-hybridized carbons (Fsp3) is 0.333. The van der Waals surface area contributed by atoms with Crippen molar-refractivity contribution in [1.82, 2.24) is 5.32 Å². The SMILES string of the molecule is CCCNCc1ccc(COc2cccc(Cl)c2Cl)s1. The molecule has 0 radical (unpaired) electrons. The molecule has 0 saturated carbocycles. The summed E-state index contributed by atoms with van der Waals surface area (Å²) in [6.07, 6.45) is 1.15. The molecule has 2 nitrogen and oxygen atoms in total. The number of ether oxygens (including phenoxy) is 1. The van der Waals surface area contributed by atoms with E-state index in [1.165, 1.54) is 9.75 Å². The number of hydrogen-bond donors (Lipinski definition) is 1. The van der Waals surface area contributed by atoms with Gasteiger partial charge in [0.05, 0.1) is 5.02 Å². The second-order valence-electron chi connectivity index (χ2n) is 4.39. The molecule has 0 unspecified atom stereocenters. The molecule has 2 rings (SSSR count). The lowest BCUT2D eigenvalue weighted by molar-refractivity contribution is 0.310. The largest absolute Gasteiger partial charge is 0.486 e. The molecular formula is C15H17Cl2NOS. The second-order valence-corrected chi connectivity index (χ2v) is 6.42. The highest BCUT2D eigenvalue weighted by Crippen LogP contribution is 2.32. The van der Waals surface area contributed by atoms with Gasteiger partial charge in [0.1, 0.15) is 17.4 Å². The molecular weight excluding hydrogens is 313 g/mol. The van der Waals surface area contributed by atoms with Crippen molar-refractivity contribution >= 4 is 34.5 Å². The average Bonchev–Trinajstić information content (AvgIpc) is 2.89. The third-order valence-corrected chi connectivity index (χ3v) is 4.59. The molecule has 0 aliphatic heterocycles. The first-order chi connectivity index (χ1) is 9.70. The molecule has 5 heteroatoms. The summed E-state index contributed by atoms with van der Waals surface area (Å²) in [6, 6.07) is 9.63. The average molecular weight is 330 g/mol. The van der Waals surface area contributed by atoms with E-state index in [2.05, 4.69) is 24.4 Å². The molecule has 0 aliphatic rings. The lowest BCUT2D eigenvalue weighted by atomic mass is 10.3. The Bertz CT molecular complexity index is 557. The number of thiophene rings is 1. The summed E-state index contributed by atoms with van der Waals surface area (Å²) in [7, 11) is 0. The summed E-state index contributed by atoms with van der Waals surface area (Å²) in [6.45, 7) is 4.63. The fourth-order valence-electron chi connectivity index (χ4n) is 1.73. The zero-order valence-corrected chi connectivity index (χ0v) is 13.6. The highest BCUT2D eigenvalue weighted by Gasteiger charge is 2.06. The lowest BCUT2D eigenvalue weighted by Crippen LogP contribution is -2.12. The van der Waals surface area contributed by atoms with Crippen LogP contribution in [0, 0.1) is 0 Å². The molecule has 20 heavy (non-hydrogen) atoms. The van der Waals surface area contributed by atoms with Crippen LogP contribution in [0.25, 0.3) is 0 Å². The molecule has 1 heterocycles. The van der Waals surface area contributed by atoms with Crippen molar-refractivity contribution in [3.8, 4) is 5.75 Å². The minimum Gasteiger partial charge on any atom is -0.486 e. The monoisotopic (exact) mass is 329 g/mol. The molecule has 0 fully saturated rings. The maximum Gasteiger partial charge on any atom is 0.139 e. The number of hydrogen-bond acceptors (Lipinski definition) is 3. The molecule has 0 bridgehead atoms. The fourth-order valence-corrected chi connectivity index (χ4v) is 2.98. The molecule has 0 aliphatic carbocycles. The normalized spacial score (nSPS) is 10.8. The van der Waals surface area contributed by atoms with Crippen LogP contribution in [0.15, 0.2) is 30.3 Å². The standard InChI is InChI=1S/C15H17Cl2NOS/c1-2-8-18-9-11-6-7-12(20-11)10-19-14-5-3-4-13(16)15(14)17/h3-7,18H,2,8-10H2,1H3. The Labute approximate surface area is 133 Å². The van der Waals surface area contributed by atoms with Gasteiger partial charge < -0.3 is 10.1 Å². The number of halogens is 2. The van der Waals surface area contributed by atoms with Crippen LogP contribution in [0.5, 0.6) is 5.75 Å². The first kappa shape index (κ1) is 15.6. The van der Waals surface area contributed by atoms with E-state index >= 15 is 0 Å². The Morgan fingerprint density at radius 3 is 2.75 bits per heavy atom. The molecule has 0 amide bonds. The number of rotatable bonds is 7. The van der Waals surface area contributed by atoms with Crippen molar-refractivity contribution in [2.24, 2.45) is 0 Å². The van der Waals surface area contributed by atoms with Gasteiger partial charge in [-0.3, -0.25) is 0 Å². The van der Waals surface area contributed by atoms with Crippen LogP contribution < -0.4 is 10.1 Å². The summed E-state index contributed by atoms with van der Waals surface area (Å²) in [5.41, 5.74) is 0. The van der Waals surface area contributed by atoms with Gasteiger partial charge in [0.2, 0.25) is 0 Å². The molecule has 0 spiro atoms. The highest BCUT2D eigenvalue weighted by atomic mass is 35.5. The Kier molecular flexibility index (Phi) is 6.17. The van der Waals surface area contributed by atoms with Gasteiger partial charge in [-0.2, -0.15) is 0 Å². The smallest absolute Gasteiger partial charge is 0.139 e. The van der Waals surface area contributed by atoms with E-state index in [0.717, 1.165) is 19.5 Å². The summed E-state index contributed by atoms with van der Waals surface area (Å²) in [5.74, 6) is 0.623. The van der Waals surface area contributed by atoms with Crippen LogP contribution in [0.2, 0.25) is 10.0 Å². The predicted molar refractivity (Wildman–Crippen MR) is 87.1 cm³/mol. The summed E-state index contributed by atoms with van der Waals surface area (Å²) >= 11 is 13.8. The molecule has 1 N–H and O–H groups in total. The van der Waals surface area contributed by atoms with Gasteiger partial charge in [-0.1, -0.05) is 36.2 Å². The Morgan fingerprint density at radius 2 is 1.95 bits per heavy atom. The molecule has 1 aromatic heterocycles. The minimum atomic E-state index is 0.468. The van der Waals surface area contributed by atoms with Crippen molar-refractivity contribution in [1.29, 1.82) is 0 Å². The Balaban J connectivity index is 1.89. The van der Waals surface area contributed by atoms with Crippen molar-refractivity contribution in [2.45, 2.75) is 26.5 Å². The van der Waals surface area contributed by atoms with Crippen molar-refractivity contribution in [3.05, 3.63) is 50.1 Å². The topological polar surface area (TPSA) is 21.3 Å². The first-order valence-electron chi connectivity index (χ1n) is 6.56. The van der Waals surface area contributed by atoms with Gasteiger partial charge in [-0.25, -0.2) is 0 Å². The van der Waals surface area contributed by atoms with Crippen LogP contribution in [0.4, 0.5) is 0 Å². The van der Waals surface area contributed by atoms with E-state index in [0.29, 0.717) is 22.4 Å². The molecule has 0 saturated heterocycles.